The number of aromatic hydroxyl groups is 1. The van der Waals surface area contributed by atoms with Gasteiger partial charge in [-0.2, -0.15) is 0 Å². The number of unbranched alkanes of at least 4 members (excludes halogenated alkanes) is 3. The number of aryl methyl sites for hydroxylation is 1. The summed E-state index contributed by atoms with van der Waals surface area (Å²) in [4.78, 5) is 0. The molecule has 1 aromatic carbocycles. The van der Waals surface area contributed by atoms with Gasteiger partial charge in [0.15, 0.2) is 6.07 Å². The summed E-state index contributed by atoms with van der Waals surface area (Å²) in [5.74, 6) is 2.23. The van der Waals surface area contributed by atoms with Gasteiger partial charge in [0, 0.05) is 11.5 Å². The van der Waals surface area contributed by atoms with Crippen LogP contribution in [0.4, 0.5) is 0 Å². The zero-order valence-electron chi connectivity index (χ0n) is 18.8. The number of alkyl halides is 1. The van der Waals surface area contributed by atoms with Gasteiger partial charge in [-0.3, -0.25) is 0 Å². The highest BCUT2D eigenvalue weighted by Gasteiger charge is 2.30. The lowest BCUT2D eigenvalue weighted by Crippen LogP contribution is -2.18. The van der Waals surface area contributed by atoms with E-state index in [1.807, 2.05) is 6.07 Å². The minimum atomic E-state index is 0.0816. The Labute approximate surface area is 183 Å². The summed E-state index contributed by atoms with van der Waals surface area (Å²) in [7, 11) is 0. The van der Waals surface area contributed by atoms with Crippen molar-refractivity contribution in [1.29, 1.82) is 0 Å². The highest BCUT2D eigenvalue weighted by atomic mass is 35.5. The monoisotopic (exact) mass is 418 g/mol. The summed E-state index contributed by atoms with van der Waals surface area (Å²) >= 11 is 5.93. The predicted octanol–water partition coefficient (Wildman–Crippen LogP) is 8.13. The van der Waals surface area contributed by atoms with Crippen LogP contribution in [-0.4, -0.2) is 11.2 Å². The standard InChI is InChI=1S/C26H39ClO2/c1-18(2)10-8-6-7-9-11-21-15-24(28)26(25(16-21)29-17-27)23-14-20(5)12-13-22(23)19(3)4/h14-16,18,22-23,28H,3,6-13,17H2,1-2,4-5H3/t22-,23+/m0/s1. The smallest absolute Gasteiger partial charge is 0.162 e. The molecule has 0 heterocycles. The van der Waals surface area contributed by atoms with Crippen LogP contribution >= 0.6 is 11.6 Å². The Bertz CT molecular complexity index is 705. The first-order chi connectivity index (χ1) is 13.8. The van der Waals surface area contributed by atoms with Crippen LogP contribution in [0.3, 0.4) is 0 Å². The van der Waals surface area contributed by atoms with E-state index in [0.29, 0.717) is 11.7 Å². The number of hydrogen-bond acceptors (Lipinski definition) is 2. The summed E-state index contributed by atoms with van der Waals surface area (Å²) in [5.41, 5.74) is 4.49. The van der Waals surface area contributed by atoms with E-state index < -0.39 is 0 Å². The molecule has 3 heteroatoms. The highest BCUT2D eigenvalue weighted by molar-refractivity contribution is 6.17. The van der Waals surface area contributed by atoms with Crippen LogP contribution in [0, 0.1) is 11.8 Å². The van der Waals surface area contributed by atoms with Crippen LogP contribution in [0.5, 0.6) is 11.5 Å². The molecule has 0 amide bonds. The zero-order valence-corrected chi connectivity index (χ0v) is 19.5. The number of allylic oxidation sites excluding steroid dienone is 3. The van der Waals surface area contributed by atoms with Crippen molar-refractivity contribution in [3.63, 3.8) is 0 Å². The van der Waals surface area contributed by atoms with Gasteiger partial charge < -0.3 is 9.84 Å². The van der Waals surface area contributed by atoms with Gasteiger partial charge in [-0.05, 0) is 69.1 Å². The van der Waals surface area contributed by atoms with Crippen molar-refractivity contribution in [2.45, 2.75) is 85.0 Å². The Hall–Kier alpha value is -1.41. The molecule has 0 radical (unpaired) electrons. The third-order valence-corrected chi connectivity index (χ3v) is 6.21. The lowest BCUT2D eigenvalue weighted by Gasteiger charge is -2.32. The van der Waals surface area contributed by atoms with Gasteiger partial charge >= 0.3 is 0 Å². The van der Waals surface area contributed by atoms with Crippen molar-refractivity contribution in [3.05, 3.63) is 47.1 Å². The second-order valence-corrected chi connectivity index (χ2v) is 9.38. The Morgan fingerprint density at radius 3 is 2.62 bits per heavy atom. The van der Waals surface area contributed by atoms with E-state index >= 15 is 0 Å². The molecule has 1 aromatic rings. The molecule has 0 fully saturated rings. The largest absolute Gasteiger partial charge is 0.507 e. The molecule has 2 atom stereocenters. The van der Waals surface area contributed by atoms with E-state index in [4.69, 9.17) is 16.3 Å². The third-order valence-electron chi connectivity index (χ3n) is 6.10. The minimum Gasteiger partial charge on any atom is -0.507 e. The summed E-state index contributed by atoms with van der Waals surface area (Å²) in [5, 5.41) is 11.0. The summed E-state index contributed by atoms with van der Waals surface area (Å²) < 4.78 is 5.79. The van der Waals surface area contributed by atoms with Crippen LogP contribution in [0.25, 0.3) is 0 Å². The second kappa shape index (κ2) is 11.7. The Balaban J connectivity index is 2.17. The molecule has 1 aliphatic carbocycles. The average Bonchev–Trinajstić information content (AvgIpc) is 2.64. The van der Waals surface area contributed by atoms with Crippen LogP contribution in [0.15, 0.2) is 35.9 Å². The molecule has 1 aliphatic rings. The predicted molar refractivity (Wildman–Crippen MR) is 125 cm³/mol. The molecule has 0 aliphatic heterocycles. The third kappa shape index (κ3) is 7.10. The maximum absolute atomic E-state index is 11.0. The molecule has 2 nitrogen and oxygen atoms in total. The molecule has 0 aromatic heterocycles. The first kappa shape index (κ1) is 23.9. The second-order valence-electron chi connectivity index (χ2n) is 9.16. The number of hydrogen-bond donors (Lipinski definition) is 1. The van der Waals surface area contributed by atoms with Gasteiger partial charge in [-0.15, -0.1) is 0 Å². The Kier molecular flexibility index (Phi) is 9.62. The van der Waals surface area contributed by atoms with E-state index in [2.05, 4.69) is 46.4 Å². The molecule has 29 heavy (non-hydrogen) atoms. The normalized spacial score (nSPS) is 19.3. The first-order valence-corrected chi connectivity index (χ1v) is 11.7. The van der Waals surface area contributed by atoms with Crippen molar-refractivity contribution in [2.75, 3.05) is 6.07 Å². The van der Waals surface area contributed by atoms with Crippen LogP contribution in [-0.2, 0) is 6.42 Å². The van der Waals surface area contributed by atoms with Gasteiger partial charge in [-0.25, -0.2) is 0 Å². The molecule has 2 rings (SSSR count). The summed E-state index contributed by atoms with van der Waals surface area (Å²) in [6.07, 6.45) is 11.6. The van der Waals surface area contributed by atoms with Crippen molar-refractivity contribution in [1.82, 2.24) is 0 Å². The van der Waals surface area contributed by atoms with Crippen LogP contribution in [0.1, 0.15) is 89.7 Å². The van der Waals surface area contributed by atoms with Crippen LogP contribution in [0.2, 0.25) is 0 Å². The lowest BCUT2D eigenvalue weighted by atomic mass is 9.73. The lowest BCUT2D eigenvalue weighted by molar-refractivity contribution is 0.363. The maximum atomic E-state index is 11.0. The van der Waals surface area contributed by atoms with Crippen molar-refractivity contribution >= 4 is 11.6 Å². The quantitative estimate of drug-likeness (QED) is 0.223. The van der Waals surface area contributed by atoms with Gasteiger partial charge in [0.05, 0.1) is 0 Å². The number of phenolic OH excluding ortho intramolecular Hbond substituents is 1. The minimum absolute atomic E-state index is 0.0816. The van der Waals surface area contributed by atoms with E-state index in [1.165, 1.54) is 31.3 Å². The molecule has 1 N–H and O–H groups in total. The van der Waals surface area contributed by atoms with E-state index in [0.717, 1.165) is 54.1 Å². The molecule has 162 valence electrons. The van der Waals surface area contributed by atoms with Gasteiger partial charge in [0.25, 0.3) is 0 Å². The number of benzene rings is 1. The Morgan fingerprint density at radius 2 is 1.97 bits per heavy atom. The summed E-state index contributed by atoms with van der Waals surface area (Å²) in [6.45, 7) is 13.0. The molecule has 0 bridgehead atoms. The van der Waals surface area contributed by atoms with E-state index in [9.17, 15) is 5.11 Å². The average molecular weight is 419 g/mol. The molecular weight excluding hydrogens is 380 g/mol. The number of ether oxygens (including phenoxy) is 1. The van der Waals surface area contributed by atoms with E-state index in [1.54, 1.807) is 0 Å². The molecule has 0 saturated heterocycles. The fraction of sp³-hybridized carbons (Fsp3) is 0.615. The van der Waals surface area contributed by atoms with Gasteiger partial charge in [0.2, 0.25) is 0 Å². The molecule has 0 saturated carbocycles. The fourth-order valence-corrected chi connectivity index (χ4v) is 4.58. The highest BCUT2D eigenvalue weighted by Crippen LogP contribution is 2.47. The van der Waals surface area contributed by atoms with Gasteiger partial charge in [-0.1, -0.05) is 74.9 Å². The molecular formula is C26H39ClO2. The van der Waals surface area contributed by atoms with Crippen LogP contribution < -0.4 is 4.74 Å². The summed E-state index contributed by atoms with van der Waals surface area (Å²) in [6, 6.07) is 4.09. The number of halogens is 1. The molecule has 0 unspecified atom stereocenters. The SMILES string of the molecule is C=C(C)[C@@H]1CCC(C)=C[C@H]1c1c(O)cc(CCCCCCC(C)C)cc1OCCl. The number of rotatable bonds is 11. The maximum Gasteiger partial charge on any atom is 0.162 e. The topological polar surface area (TPSA) is 29.5 Å². The van der Waals surface area contributed by atoms with Crippen molar-refractivity contribution in [2.24, 2.45) is 11.8 Å². The first-order valence-electron chi connectivity index (χ1n) is 11.2. The number of phenols is 1. The molecule has 0 spiro atoms. The Morgan fingerprint density at radius 1 is 1.24 bits per heavy atom. The van der Waals surface area contributed by atoms with E-state index in [-0.39, 0.29) is 12.0 Å². The van der Waals surface area contributed by atoms with Crippen molar-refractivity contribution < 1.29 is 9.84 Å². The zero-order chi connectivity index (χ0) is 21.4. The fourth-order valence-electron chi connectivity index (χ4n) is 4.47. The van der Waals surface area contributed by atoms with Gasteiger partial charge in [0.1, 0.15) is 11.5 Å². The van der Waals surface area contributed by atoms with Crippen molar-refractivity contribution in [3.8, 4) is 11.5 Å².